The minimum Gasteiger partial charge on any atom is -0.357 e. The minimum atomic E-state index is -4.22. The van der Waals surface area contributed by atoms with Crippen molar-refractivity contribution in [1.29, 1.82) is 0 Å². The van der Waals surface area contributed by atoms with Gasteiger partial charge in [0.1, 0.15) is 18.4 Å². The van der Waals surface area contributed by atoms with E-state index in [1.807, 2.05) is 38.1 Å². The molecule has 0 aliphatic carbocycles. The number of nitrogens with zero attached hydrogens (tertiary/aromatic N) is 2. The number of sulfonamides is 1. The second-order valence-electron chi connectivity index (χ2n) is 8.60. The van der Waals surface area contributed by atoms with Crippen LogP contribution in [-0.4, -0.2) is 44.8 Å². The summed E-state index contributed by atoms with van der Waals surface area (Å²) in [5.74, 6) is -1.51. The number of amides is 2. The Balaban J connectivity index is 2.02. The molecule has 7 nitrogen and oxygen atoms in total. The molecule has 0 bridgehead atoms. The van der Waals surface area contributed by atoms with Crippen molar-refractivity contribution in [1.82, 2.24) is 10.2 Å². The normalized spacial score (nSPS) is 12.0. The summed E-state index contributed by atoms with van der Waals surface area (Å²) in [7, 11) is -2.75. The van der Waals surface area contributed by atoms with Crippen LogP contribution in [0.5, 0.6) is 0 Å². The SMILES string of the molecule is CNC(=O)[C@@H](C)N(Cc1cccc(C)c1)C(=O)CN(c1ccc(C)cc1)S(=O)(=O)c1ccc(F)cc1. The Hall–Kier alpha value is -3.72. The monoisotopic (exact) mass is 511 g/mol. The van der Waals surface area contributed by atoms with Gasteiger partial charge in [-0.05, 0) is 62.7 Å². The van der Waals surface area contributed by atoms with Crippen molar-refractivity contribution in [3.63, 3.8) is 0 Å². The minimum absolute atomic E-state index is 0.118. The number of benzene rings is 3. The Kier molecular flexibility index (Phi) is 8.47. The zero-order valence-corrected chi connectivity index (χ0v) is 21.5. The van der Waals surface area contributed by atoms with Gasteiger partial charge in [-0.25, -0.2) is 12.8 Å². The highest BCUT2D eigenvalue weighted by Crippen LogP contribution is 2.25. The molecule has 0 radical (unpaired) electrons. The first-order valence-electron chi connectivity index (χ1n) is 11.4. The molecule has 0 aliphatic heterocycles. The lowest BCUT2D eigenvalue weighted by molar-refractivity contribution is -0.139. The number of likely N-dealkylation sites (N-methyl/N-ethyl adjacent to an activating group) is 1. The topological polar surface area (TPSA) is 86.8 Å². The third kappa shape index (κ3) is 6.28. The molecule has 0 saturated carbocycles. The molecule has 3 aromatic rings. The highest BCUT2D eigenvalue weighted by molar-refractivity contribution is 7.92. The molecule has 190 valence electrons. The van der Waals surface area contributed by atoms with Crippen LogP contribution >= 0.6 is 0 Å². The van der Waals surface area contributed by atoms with Gasteiger partial charge in [-0.1, -0.05) is 47.5 Å². The first-order valence-corrected chi connectivity index (χ1v) is 12.9. The Bertz CT molecular complexity index is 1330. The lowest BCUT2D eigenvalue weighted by Crippen LogP contribution is -2.50. The van der Waals surface area contributed by atoms with E-state index in [1.54, 1.807) is 31.2 Å². The van der Waals surface area contributed by atoms with E-state index in [4.69, 9.17) is 0 Å². The van der Waals surface area contributed by atoms with Crippen LogP contribution in [0.1, 0.15) is 23.6 Å². The third-order valence-electron chi connectivity index (χ3n) is 5.85. The molecule has 3 aromatic carbocycles. The van der Waals surface area contributed by atoms with Gasteiger partial charge in [-0.2, -0.15) is 0 Å². The number of carbonyl (C=O) groups is 2. The second kappa shape index (κ2) is 11.3. The van der Waals surface area contributed by atoms with Crippen molar-refractivity contribution in [3.8, 4) is 0 Å². The van der Waals surface area contributed by atoms with Gasteiger partial charge < -0.3 is 10.2 Å². The van der Waals surface area contributed by atoms with E-state index in [-0.39, 0.29) is 23.0 Å². The van der Waals surface area contributed by atoms with Crippen molar-refractivity contribution in [2.75, 3.05) is 17.9 Å². The summed E-state index contributed by atoms with van der Waals surface area (Å²) in [6, 6.07) is 17.8. The Morgan fingerprint density at radius 2 is 1.58 bits per heavy atom. The van der Waals surface area contributed by atoms with E-state index < -0.39 is 34.3 Å². The largest absolute Gasteiger partial charge is 0.357 e. The van der Waals surface area contributed by atoms with E-state index in [2.05, 4.69) is 5.32 Å². The molecular weight excluding hydrogens is 481 g/mol. The van der Waals surface area contributed by atoms with Gasteiger partial charge in [-0.3, -0.25) is 13.9 Å². The maximum atomic E-state index is 13.7. The fourth-order valence-corrected chi connectivity index (χ4v) is 5.19. The molecule has 1 N–H and O–H groups in total. The lowest BCUT2D eigenvalue weighted by Gasteiger charge is -2.32. The Labute approximate surface area is 211 Å². The van der Waals surface area contributed by atoms with E-state index in [0.29, 0.717) is 0 Å². The van der Waals surface area contributed by atoms with Gasteiger partial charge in [-0.15, -0.1) is 0 Å². The van der Waals surface area contributed by atoms with E-state index in [9.17, 15) is 22.4 Å². The molecular formula is C27H30FN3O4S. The average molecular weight is 512 g/mol. The van der Waals surface area contributed by atoms with Gasteiger partial charge in [0.05, 0.1) is 10.6 Å². The van der Waals surface area contributed by atoms with E-state index in [0.717, 1.165) is 45.3 Å². The standard InChI is InChI=1S/C27H30FN3O4S/c1-19-8-12-24(13-9-19)31(36(34,35)25-14-10-23(28)11-15-25)18-26(32)30(21(3)27(33)29-4)17-22-7-5-6-20(2)16-22/h5-16,21H,17-18H2,1-4H3,(H,29,33)/t21-/m1/s1. The highest BCUT2D eigenvalue weighted by Gasteiger charge is 2.32. The number of carbonyl (C=O) groups excluding carboxylic acids is 2. The van der Waals surface area contributed by atoms with E-state index >= 15 is 0 Å². The van der Waals surface area contributed by atoms with Crippen molar-refractivity contribution < 1.29 is 22.4 Å². The van der Waals surface area contributed by atoms with Gasteiger partial charge in [0.2, 0.25) is 11.8 Å². The predicted molar refractivity (Wildman–Crippen MR) is 137 cm³/mol. The first kappa shape index (κ1) is 26.9. The number of hydrogen-bond acceptors (Lipinski definition) is 4. The predicted octanol–water partition coefficient (Wildman–Crippen LogP) is 3.80. The summed E-state index contributed by atoms with van der Waals surface area (Å²) in [4.78, 5) is 27.3. The fourth-order valence-electron chi connectivity index (χ4n) is 3.77. The van der Waals surface area contributed by atoms with Crippen molar-refractivity contribution in [2.45, 2.75) is 38.3 Å². The van der Waals surface area contributed by atoms with Crippen LogP contribution in [0.2, 0.25) is 0 Å². The maximum absolute atomic E-state index is 13.7. The Morgan fingerprint density at radius 3 is 2.17 bits per heavy atom. The molecule has 0 fully saturated rings. The number of anilines is 1. The molecule has 0 saturated heterocycles. The van der Waals surface area contributed by atoms with Crippen LogP contribution in [-0.2, 0) is 26.2 Å². The van der Waals surface area contributed by atoms with Gasteiger partial charge in [0.15, 0.2) is 0 Å². The van der Waals surface area contributed by atoms with E-state index in [1.165, 1.54) is 11.9 Å². The van der Waals surface area contributed by atoms with Gasteiger partial charge in [0.25, 0.3) is 10.0 Å². The van der Waals surface area contributed by atoms with Crippen LogP contribution in [0.4, 0.5) is 10.1 Å². The zero-order valence-electron chi connectivity index (χ0n) is 20.7. The highest BCUT2D eigenvalue weighted by atomic mass is 32.2. The third-order valence-corrected chi connectivity index (χ3v) is 7.64. The molecule has 9 heteroatoms. The molecule has 3 rings (SSSR count). The first-order chi connectivity index (χ1) is 17.0. The van der Waals surface area contributed by atoms with Crippen molar-refractivity contribution in [2.24, 2.45) is 0 Å². The molecule has 0 aromatic heterocycles. The summed E-state index contributed by atoms with van der Waals surface area (Å²) < 4.78 is 41.7. The Morgan fingerprint density at radius 1 is 0.944 bits per heavy atom. The number of nitrogens with one attached hydrogen (secondary N) is 1. The lowest BCUT2D eigenvalue weighted by atomic mass is 10.1. The van der Waals surface area contributed by atoms with Crippen LogP contribution in [0.25, 0.3) is 0 Å². The molecule has 0 spiro atoms. The molecule has 36 heavy (non-hydrogen) atoms. The average Bonchev–Trinajstić information content (AvgIpc) is 2.85. The second-order valence-corrected chi connectivity index (χ2v) is 10.5. The summed E-state index contributed by atoms with van der Waals surface area (Å²) in [5.41, 5.74) is 3.00. The van der Waals surface area contributed by atoms with Crippen molar-refractivity contribution in [3.05, 3.63) is 95.3 Å². The summed E-state index contributed by atoms with van der Waals surface area (Å²) >= 11 is 0. The summed E-state index contributed by atoms with van der Waals surface area (Å²) in [5, 5.41) is 2.55. The quantitative estimate of drug-likeness (QED) is 0.474. The molecule has 2 amide bonds. The van der Waals surface area contributed by atoms with Crippen LogP contribution < -0.4 is 9.62 Å². The maximum Gasteiger partial charge on any atom is 0.264 e. The molecule has 0 heterocycles. The fraction of sp³-hybridized carbons (Fsp3) is 0.259. The van der Waals surface area contributed by atoms with Gasteiger partial charge >= 0.3 is 0 Å². The van der Waals surface area contributed by atoms with Crippen LogP contribution in [0, 0.1) is 19.7 Å². The number of hydrogen-bond donors (Lipinski definition) is 1. The zero-order chi connectivity index (χ0) is 26.5. The number of aryl methyl sites for hydroxylation is 2. The smallest absolute Gasteiger partial charge is 0.264 e. The molecule has 1 atom stereocenters. The van der Waals surface area contributed by atoms with Crippen LogP contribution in [0.15, 0.2) is 77.7 Å². The van der Waals surface area contributed by atoms with Crippen molar-refractivity contribution >= 4 is 27.5 Å². The molecule has 0 aliphatic rings. The number of rotatable bonds is 9. The summed E-state index contributed by atoms with van der Waals surface area (Å²) in [6.07, 6.45) is 0. The summed E-state index contributed by atoms with van der Waals surface area (Å²) in [6.45, 7) is 4.95. The van der Waals surface area contributed by atoms with Gasteiger partial charge in [0, 0.05) is 13.6 Å². The molecule has 0 unspecified atom stereocenters. The van der Waals surface area contributed by atoms with Crippen LogP contribution in [0.3, 0.4) is 0 Å². The number of halogens is 1.